The zero-order valence-corrected chi connectivity index (χ0v) is 18.0. The van der Waals surface area contributed by atoms with Gasteiger partial charge in [-0.3, -0.25) is 9.53 Å². The summed E-state index contributed by atoms with van der Waals surface area (Å²) in [5.41, 5.74) is 0.417. The maximum absolute atomic E-state index is 13.7. The van der Waals surface area contributed by atoms with Crippen LogP contribution in [0.3, 0.4) is 0 Å². The largest absolute Gasteiger partial charge is 0.522 e. The number of ether oxygens (including phenoxy) is 2. The Kier molecular flexibility index (Phi) is 7.05. The molecule has 2 aromatic rings. The van der Waals surface area contributed by atoms with Crippen molar-refractivity contribution in [3.8, 4) is 11.5 Å². The highest BCUT2D eigenvalue weighted by molar-refractivity contribution is 6.30. The summed E-state index contributed by atoms with van der Waals surface area (Å²) in [6.07, 6.45) is -4.50. The van der Waals surface area contributed by atoms with Crippen LogP contribution in [0.1, 0.15) is 25.7 Å². The molecule has 1 aliphatic carbocycles. The number of nitrogens with one attached hydrogen (secondary N) is 1. The standard InChI is InChI=1S/C20H21ClF4N4O4/c21-15-2-1-11(7-16(15)22)18-27-28-19(32-18)29-5-3-12(4-6-29)26-17(30)10-31-13-8-14(9-13)33-20(23,24)25/h1-2,7,12-14H,3-6,8-10H2,(H,26,30). The van der Waals surface area contributed by atoms with E-state index in [2.05, 4.69) is 20.3 Å². The topological polar surface area (TPSA) is 89.7 Å². The summed E-state index contributed by atoms with van der Waals surface area (Å²) >= 11 is 5.69. The Morgan fingerprint density at radius 2 is 1.94 bits per heavy atom. The van der Waals surface area contributed by atoms with Gasteiger partial charge in [0.05, 0.1) is 17.2 Å². The van der Waals surface area contributed by atoms with Crippen molar-refractivity contribution in [2.24, 2.45) is 0 Å². The van der Waals surface area contributed by atoms with E-state index in [1.807, 2.05) is 4.90 Å². The molecule has 1 aromatic heterocycles. The number of amides is 1. The highest BCUT2D eigenvalue weighted by Crippen LogP contribution is 2.32. The predicted octanol–water partition coefficient (Wildman–Crippen LogP) is 3.70. The highest BCUT2D eigenvalue weighted by Gasteiger charge is 2.40. The lowest BCUT2D eigenvalue weighted by Gasteiger charge is -2.35. The third kappa shape index (κ3) is 6.33. The van der Waals surface area contributed by atoms with E-state index >= 15 is 0 Å². The first-order valence-corrected chi connectivity index (χ1v) is 10.7. The van der Waals surface area contributed by atoms with Gasteiger partial charge in [-0.15, -0.1) is 18.3 Å². The Labute approximate surface area is 191 Å². The van der Waals surface area contributed by atoms with E-state index in [4.69, 9.17) is 20.8 Å². The van der Waals surface area contributed by atoms with Gasteiger partial charge >= 0.3 is 12.4 Å². The molecule has 1 aromatic carbocycles. The van der Waals surface area contributed by atoms with Crippen LogP contribution in [-0.2, 0) is 14.3 Å². The second-order valence-electron chi connectivity index (χ2n) is 7.94. The van der Waals surface area contributed by atoms with Gasteiger partial charge in [0.15, 0.2) is 0 Å². The molecule has 2 heterocycles. The molecule has 180 valence electrons. The van der Waals surface area contributed by atoms with Crippen LogP contribution in [0.2, 0.25) is 5.02 Å². The lowest BCUT2D eigenvalue weighted by molar-refractivity contribution is -0.357. The van der Waals surface area contributed by atoms with Crippen LogP contribution in [0.4, 0.5) is 23.6 Å². The number of aromatic nitrogens is 2. The summed E-state index contributed by atoms with van der Waals surface area (Å²) < 4.78 is 64.9. The zero-order valence-electron chi connectivity index (χ0n) is 17.3. The van der Waals surface area contributed by atoms with Crippen molar-refractivity contribution in [1.29, 1.82) is 0 Å². The van der Waals surface area contributed by atoms with Gasteiger partial charge in [-0.05, 0) is 31.0 Å². The number of nitrogens with zero attached hydrogens (tertiary/aromatic N) is 3. The molecular weight excluding hydrogens is 472 g/mol. The number of carbonyl (C=O) groups excluding carboxylic acids is 1. The normalized spacial score (nSPS) is 21.7. The first-order chi connectivity index (χ1) is 15.7. The van der Waals surface area contributed by atoms with Crippen molar-refractivity contribution in [3.63, 3.8) is 0 Å². The van der Waals surface area contributed by atoms with Gasteiger partial charge in [0.1, 0.15) is 12.4 Å². The molecule has 1 aliphatic heterocycles. The van der Waals surface area contributed by atoms with Gasteiger partial charge < -0.3 is 19.4 Å². The minimum atomic E-state index is -4.65. The number of anilines is 1. The molecule has 2 aliphatic rings. The van der Waals surface area contributed by atoms with Gasteiger partial charge in [-0.1, -0.05) is 16.7 Å². The number of rotatable bonds is 7. The van der Waals surface area contributed by atoms with Crippen LogP contribution in [0.5, 0.6) is 0 Å². The molecule has 33 heavy (non-hydrogen) atoms. The second-order valence-corrected chi connectivity index (χ2v) is 8.34. The van der Waals surface area contributed by atoms with E-state index in [-0.39, 0.29) is 42.3 Å². The van der Waals surface area contributed by atoms with Crippen molar-refractivity contribution < 1.29 is 36.2 Å². The molecule has 8 nitrogen and oxygen atoms in total. The summed E-state index contributed by atoms with van der Waals surface area (Å²) in [6.45, 7) is 0.900. The van der Waals surface area contributed by atoms with Crippen molar-refractivity contribution >= 4 is 23.5 Å². The first-order valence-electron chi connectivity index (χ1n) is 10.4. The molecular formula is C20H21ClF4N4O4. The van der Waals surface area contributed by atoms with Crippen LogP contribution < -0.4 is 10.2 Å². The van der Waals surface area contributed by atoms with E-state index in [0.29, 0.717) is 37.5 Å². The van der Waals surface area contributed by atoms with Crippen LogP contribution in [0.15, 0.2) is 22.6 Å². The molecule has 1 saturated heterocycles. The van der Waals surface area contributed by atoms with Crippen LogP contribution in [0, 0.1) is 5.82 Å². The van der Waals surface area contributed by atoms with Gasteiger partial charge in [0.2, 0.25) is 11.8 Å². The molecule has 4 rings (SSSR count). The Balaban J connectivity index is 1.17. The molecule has 1 N–H and O–H groups in total. The Bertz CT molecular complexity index is 975. The Morgan fingerprint density at radius 3 is 2.61 bits per heavy atom. The van der Waals surface area contributed by atoms with Crippen molar-refractivity contribution in [2.45, 2.75) is 50.3 Å². The molecule has 0 radical (unpaired) electrons. The van der Waals surface area contributed by atoms with Gasteiger partial charge in [-0.25, -0.2) is 4.39 Å². The van der Waals surface area contributed by atoms with Crippen molar-refractivity contribution in [2.75, 3.05) is 24.6 Å². The molecule has 0 unspecified atom stereocenters. The summed E-state index contributed by atoms with van der Waals surface area (Å²) in [6, 6.07) is 4.44. The number of benzene rings is 1. The molecule has 0 spiro atoms. The predicted molar refractivity (Wildman–Crippen MR) is 108 cm³/mol. The summed E-state index contributed by atoms with van der Waals surface area (Å²) in [5.74, 6) is -0.730. The van der Waals surface area contributed by atoms with E-state index in [1.54, 1.807) is 6.07 Å². The van der Waals surface area contributed by atoms with Crippen molar-refractivity contribution in [3.05, 3.63) is 29.0 Å². The molecule has 1 saturated carbocycles. The number of hydrogen-bond donors (Lipinski definition) is 1. The number of piperidine rings is 1. The van der Waals surface area contributed by atoms with Gasteiger partial charge in [-0.2, -0.15) is 0 Å². The first kappa shape index (κ1) is 23.7. The fourth-order valence-corrected chi connectivity index (χ4v) is 3.82. The maximum atomic E-state index is 13.7. The Morgan fingerprint density at radius 1 is 1.21 bits per heavy atom. The van der Waals surface area contributed by atoms with Crippen LogP contribution in [-0.4, -0.2) is 60.4 Å². The van der Waals surface area contributed by atoms with Crippen LogP contribution >= 0.6 is 11.6 Å². The minimum absolute atomic E-state index is 0.000333. The summed E-state index contributed by atoms with van der Waals surface area (Å²) in [5, 5.41) is 10.8. The fourth-order valence-electron chi connectivity index (χ4n) is 3.71. The quantitative estimate of drug-likeness (QED) is 0.589. The van der Waals surface area contributed by atoms with Crippen LogP contribution in [0.25, 0.3) is 11.5 Å². The number of carbonyl (C=O) groups is 1. The smallest absolute Gasteiger partial charge is 0.403 e. The van der Waals surface area contributed by atoms with Crippen molar-refractivity contribution in [1.82, 2.24) is 15.5 Å². The average Bonchev–Trinajstić information content (AvgIpc) is 3.21. The second kappa shape index (κ2) is 9.82. The lowest BCUT2D eigenvalue weighted by atomic mass is 9.92. The summed E-state index contributed by atoms with van der Waals surface area (Å²) in [4.78, 5) is 14.0. The molecule has 13 heteroatoms. The third-order valence-corrected chi connectivity index (χ3v) is 5.82. The average molecular weight is 493 g/mol. The highest BCUT2D eigenvalue weighted by atomic mass is 35.5. The monoisotopic (exact) mass is 492 g/mol. The molecule has 0 atom stereocenters. The number of alkyl halides is 3. The molecule has 0 bridgehead atoms. The lowest BCUT2D eigenvalue weighted by Crippen LogP contribution is -2.47. The van der Waals surface area contributed by atoms with E-state index in [9.17, 15) is 22.4 Å². The fraction of sp³-hybridized carbons (Fsp3) is 0.550. The SMILES string of the molecule is O=C(COC1CC(OC(F)(F)F)C1)NC1CCN(c2nnc(-c3ccc(Cl)c(F)c3)o2)CC1. The molecule has 1 amide bonds. The van der Waals surface area contributed by atoms with E-state index in [1.165, 1.54) is 12.1 Å². The minimum Gasteiger partial charge on any atom is -0.403 e. The van der Waals surface area contributed by atoms with E-state index in [0.717, 1.165) is 0 Å². The maximum Gasteiger partial charge on any atom is 0.522 e. The zero-order chi connectivity index (χ0) is 23.6. The summed E-state index contributed by atoms with van der Waals surface area (Å²) in [7, 11) is 0. The number of hydrogen-bond acceptors (Lipinski definition) is 7. The van der Waals surface area contributed by atoms with Gasteiger partial charge in [0, 0.05) is 37.5 Å². The Hall–Kier alpha value is -2.44. The third-order valence-electron chi connectivity index (χ3n) is 5.51. The number of halogens is 5. The van der Waals surface area contributed by atoms with E-state index < -0.39 is 24.4 Å². The molecule has 2 fully saturated rings. The van der Waals surface area contributed by atoms with Gasteiger partial charge in [0.25, 0.3) is 0 Å².